The van der Waals surface area contributed by atoms with Crippen LogP contribution in [0.2, 0.25) is 0 Å². The van der Waals surface area contributed by atoms with Gasteiger partial charge in [-0.1, -0.05) is 6.07 Å². The van der Waals surface area contributed by atoms with Gasteiger partial charge in [0.15, 0.2) is 0 Å². The highest BCUT2D eigenvalue weighted by Gasteiger charge is 2.11. The van der Waals surface area contributed by atoms with Crippen molar-refractivity contribution < 1.29 is 0 Å². The van der Waals surface area contributed by atoms with Crippen molar-refractivity contribution in [3.63, 3.8) is 0 Å². The van der Waals surface area contributed by atoms with E-state index in [9.17, 15) is 5.26 Å². The highest BCUT2D eigenvalue weighted by molar-refractivity contribution is 5.90. The van der Waals surface area contributed by atoms with Crippen molar-refractivity contribution in [2.75, 3.05) is 32.5 Å². The van der Waals surface area contributed by atoms with Gasteiger partial charge in [0.1, 0.15) is 6.07 Å². The molecule has 0 fully saturated rings. The number of aromatic nitrogens is 3. The second kappa shape index (κ2) is 10.8. The van der Waals surface area contributed by atoms with E-state index < -0.39 is 0 Å². The van der Waals surface area contributed by atoms with Gasteiger partial charge in [0.25, 0.3) is 0 Å². The lowest BCUT2D eigenvalue weighted by Gasteiger charge is -2.14. The lowest BCUT2D eigenvalue weighted by Crippen LogP contribution is -2.26. The molecular formula is C27H29N7. The summed E-state index contributed by atoms with van der Waals surface area (Å²) in [5, 5.41) is 17.7. The Labute approximate surface area is 200 Å². The molecule has 0 saturated heterocycles. The Hall–Kier alpha value is -3.99. The van der Waals surface area contributed by atoms with Crippen LogP contribution in [-0.4, -0.2) is 47.0 Å². The highest BCUT2D eigenvalue weighted by Crippen LogP contribution is 2.31. The first kappa shape index (κ1) is 23.2. The molecule has 0 bridgehead atoms. The number of fused-ring (bicyclic) bond motifs is 1. The van der Waals surface area contributed by atoms with Crippen molar-refractivity contribution in [3.8, 4) is 6.07 Å². The number of benzene rings is 1. The zero-order chi connectivity index (χ0) is 23.9. The van der Waals surface area contributed by atoms with E-state index in [1.165, 1.54) is 0 Å². The SMILES string of the molecule is Cc1c(Nc2c(C#N)cncc2/C=C/c2cccc(CNCCN(C)C)n2)ccc2[nH]ccc12. The fraction of sp³-hybridized carbons (Fsp3) is 0.222. The molecule has 0 radical (unpaired) electrons. The van der Waals surface area contributed by atoms with Crippen molar-refractivity contribution in [3.05, 3.63) is 83.1 Å². The maximum absolute atomic E-state index is 9.71. The van der Waals surface area contributed by atoms with Crippen LogP contribution in [0.1, 0.15) is 28.1 Å². The van der Waals surface area contributed by atoms with Gasteiger partial charge in [-0.2, -0.15) is 5.26 Å². The first-order valence-corrected chi connectivity index (χ1v) is 11.3. The summed E-state index contributed by atoms with van der Waals surface area (Å²) >= 11 is 0. The zero-order valence-electron chi connectivity index (χ0n) is 19.8. The quantitative estimate of drug-likeness (QED) is 0.319. The molecule has 1 aromatic carbocycles. The molecule has 0 atom stereocenters. The number of H-pyrrole nitrogens is 1. The number of anilines is 2. The maximum atomic E-state index is 9.71. The van der Waals surface area contributed by atoms with Crippen LogP contribution in [0.3, 0.4) is 0 Å². The summed E-state index contributed by atoms with van der Waals surface area (Å²) in [5.41, 5.74) is 7.03. The molecule has 7 nitrogen and oxygen atoms in total. The molecule has 0 saturated carbocycles. The Bertz CT molecular complexity index is 1340. The second-order valence-corrected chi connectivity index (χ2v) is 8.43. The van der Waals surface area contributed by atoms with Crippen molar-refractivity contribution in [2.45, 2.75) is 13.5 Å². The minimum atomic E-state index is 0.488. The van der Waals surface area contributed by atoms with Crippen LogP contribution in [0.4, 0.5) is 11.4 Å². The number of nitriles is 1. The Morgan fingerprint density at radius 3 is 2.82 bits per heavy atom. The smallest absolute Gasteiger partial charge is 0.103 e. The summed E-state index contributed by atoms with van der Waals surface area (Å²) in [6.07, 6.45) is 9.18. The van der Waals surface area contributed by atoms with E-state index in [1.807, 2.05) is 48.7 Å². The largest absolute Gasteiger partial charge is 0.361 e. The van der Waals surface area contributed by atoms with E-state index in [0.29, 0.717) is 12.1 Å². The van der Waals surface area contributed by atoms with E-state index >= 15 is 0 Å². The van der Waals surface area contributed by atoms with Crippen LogP contribution < -0.4 is 10.6 Å². The normalized spacial score (nSPS) is 11.4. The highest BCUT2D eigenvalue weighted by atomic mass is 15.1. The van der Waals surface area contributed by atoms with Gasteiger partial charge in [0.2, 0.25) is 0 Å². The third-order valence-electron chi connectivity index (χ3n) is 5.66. The lowest BCUT2D eigenvalue weighted by atomic mass is 10.1. The fourth-order valence-corrected chi connectivity index (χ4v) is 3.77. The third kappa shape index (κ3) is 5.49. The average Bonchev–Trinajstić information content (AvgIpc) is 3.33. The molecule has 4 rings (SSSR count). The third-order valence-corrected chi connectivity index (χ3v) is 5.66. The Balaban J connectivity index is 1.56. The van der Waals surface area contributed by atoms with Gasteiger partial charge in [-0.3, -0.25) is 9.97 Å². The van der Waals surface area contributed by atoms with Crippen LogP contribution >= 0.6 is 0 Å². The van der Waals surface area contributed by atoms with Crippen molar-refractivity contribution >= 4 is 34.4 Å². The van der Waals surface area contributed by atoms with Gasteiger partial charge >= 0.3 is 0 Å². The first-order chi connectivity index (χ1) is 16.5. The van der Waals surface area contributed by atoms with Crippen LogP contribution in [0.15, 0.2) is 55.0 Å². The number of nitrogens with one attached hydrogen (secondary N) is 3. The van der Waals surface area contributed by atoms with E-state index in [1.54, 1.807) is 12.4 Å². The first-order valence-electron chi connectivity index (χ1n) is 11.3. The van der Waals surface area contributed by atoms with Gasteiger partial charge in [-0.25, -0.2) is 0 Å². The minimum Gasteiger partial charge on any atom is -0.361 e. The molecule has 3 aromatic heterocycles. The maximum Gasteiger partial charge on any atom is 0.103 e. The average molecular weight is 452 g/mol. The van der Waals surface area contributed by atoms with Crippen LogP contribution in [0, 0.1) is 18.3 Å². The van der Waals surface area contributed by atoms with Gasteiger partial charge < -0.3 is 20.5 Å². The fourth-order valence-electron chi connectivity index (χ4n) is 3.77. The van der Waals surface area contributed by atoms with Crippen molar-refractivity contribution in [1.82, 2.24) is 25.2 Å². The number of hydrogen-bond acceptors (Lipinski definition) is 6. The molecule has 172 valence electrons. The standard InChI is InChI=1S/C27H29N7/c1-19-24-11-12-31-26(24)10-9-25(19)33-27-20(16-30-17-21(27)15-28)7-8-22-5-4-6-23(32-22)18-29-13-14-34(2)3/h4-12,16-17,29,31H,13-14,18H2,1-3H3,(H,30,33)/b8-7+. The van der Waals surface area contributed by atoms with Gasteiger partial charge in [-0.05, 0) is 69.1 Å². The number of aromatic amines is 1. The summed E-state index contributed by atoms with van der Waals surface area (Å²) in [5.74, 6) is 0. The van der Waals surface area contributed by atoms with Gasteiger partial charge in [0.05, 0.1) is 22.6 Å². The summed E-state index contributed by atoms with van der Waals surface area (Å²) < 4.78 is 0. The molecule has 34 heavy (non-hydrogen) atoms. The Morgan fingerprint density at radius 1 is 1.12 bits per heavy atom. The molecule has 0 aliphatic heterocycles. The Morgan fingerprint density at radius 2 is 2.00 bits per heavy atom. The van der Waals surface area contributed by atoms with Crippen molar-refractivity contribution in [2.24, 2.45) is 0 Å². The summed E-state index contributed by atoms with van der Waals surface area (Å²) in [6, 6.07) is 14.4. The number of pyridine rings is 2. The van der Waals surface area contributed by atoms with Gasteiger partial charge in [-0.15, -0.1) is 0 Å². The summed E-state index contributed by atoms with van der Waals surface area (Å²) in [6.45, 7) is 4.68. The number of aryl methyl sites for hydroxylation is 1. The van der Waals surface area contributed by atoms with Crippen molar-refractivity contribution in [1.29, 1.82) is 5.26 Å². The predicted molar refractivity (Wildman–Crippen MR) is 139 cm³/mol. The number of hydrogen-bond donors (Lipinski definition) is 3. The molecule has 0 aliphatic carbocycles. The topological polar surface area (TPSA) is 92.7 Å². The zero-order valence-corrected chi connectivity index (χ0v) is 19.8. The molecule has 3 heterocycles. The Kier molecular flexibility index (Phi) is 7.33. The molecule has 3 N–H and O–H groups in total. The monoisotopic (exact) mass is 451 g/mol. The van der Waals surface area contributed by atoms with E-state index in [4.69, 9.17) is 4.98 Å². The molecule has 0 aliphatic rings. The van der Waals surface area contributed by atoms with Crippen LogP contribution in [-0.2, 0) is 6.54 Å². The predicted octanol–water partition coefficient (Wildman–Crippen LogP) is 4.70. The summed E-state index contributed by atoms with van der Waals surface area (Å²) in [4.78, 5) is 14.4. The minimum absolute atomic E-state index is 0.488. The molecule has 4 aromatic rings. The molecule has 0 unspecified atom stereocenters. The van der Waals surface area contributed by atoms with Crippen LogP contribution in [0.25, 0.3) is 23.1 Å². The molecule has 0 spiro atoms. The van der Waals surface area contributed by atoms with E-state index in [-0.39, 0.29) is 0 Å². The number of likely N-dealkylation sites (N-methyl/N-ethyl adjacent to an activating group) is 1. The van der Waals surface area contributed by atoms with Crippen LogP contribution in [0.5, 0.6) is 0 Å². The second-order valence-electron chi connectivity index (χ2n) is 8.43. The number of rotatable bonds is 9. The van der Waals surface area contributed by atoms with E-state index in [0.717, 1.165) is 57.9 Å². The van der Waals surface area contributed by atoms with E-state index in [2.05, 4.69) is 58.7 Å². The summed E-state index contributed by atoms with van der Waals surface area (Å²) in [7, 11) is 4.12. The molecular weight excluding hydrogens is 422 g/mol. The lowest BCUT2D eigenvalue weighted by molar-refractivity contribution is 0.399. The molecule has 7 heteroatoms. The number of nitrogens with zero attached hydrogens (tertiary/aromatic N) is 4. The molecule has 0 amide bonds. The van der Waals surface area contributed by atoms with Gasteiger partial charge in [0, 0.05) is 60.4 Å².